The molecule has 2 aromatic carbocycles. The van der Waals surface area contributed by atoms with E-state index in [1.54, 1.807) is 23.9 Å². The number of benzene rings is 2. The van der Waals surface area contributed by atoms with Gasteiger partial charge in [0.1, 0.15) is 0 Å². The Hall–Kier alpha value is -3.45. The molecule has 1 unspecified atom stereocenters. The molecule has 184 valence electrons. The lowest BCUT2D eigenvalue weighted by molar-refractivity contribution is -0.469. The SMILES string of the molecule is Cn1cc2c3cc(C(=O)OC4(O)OCCCC4(O)O)ccc3n(-c3ccc(C(F)(F)F)cc3)c2n1. The first-order chi connectivity index (χ1) is 16.4. The van der Waals surface area contributed by atoms with Gasteiger partial charge in [0.05, 0.1) is 23.3 Å². The predicted octanol–water partition coefficient (Wildman–Crippen LogP) is 2.83. The highest BCUT2D eigenvalue weighted by Crippen LogP contribution is 2.36. The number of aryl methyl sites for hydroxylation is 1. The van der Waals surface area contributed by atoms with Crippen LogP contribution in [0.1, 0.15) is 28.8 Å². The van der Waals surface area contributed by atoms with Crippen LogP contribution in [0.2, 0.25) is 0 Å². The van der Waals surface area contributed by atoms with Gasteiger partial charge in [-0.15, -0.1) is 0 Å². The Bertz CT molecular complexity index is 1440. The zero-order valence-electron chi connectivity index (χ0n) is 18.3. The Balaban J connectivity index is 1.57. The van der Waals surface area contributed by atoms with Gasteiger partial charge in [-0.1, -0.05) is 0 Å². The molecule has 1 saturated heterocycles. The minimum absolute atomic E-state index is 0.0220. The van der Waals surface area contributed by atoms with E-state index in [0.717, 1.165) is 12.1 Å². The van der Waals surface area contributed by atoms with Crippen molar-refractivity contribution in [3.8, 4) is 5.69 Å². The van der Waals surface area contributed by atoms with E-state index in [4.69, 9.17) is 9.47 Å². The highest BCUT2D eigenvalue weighted by molar-refractivity contribution is 6.10. The zero-order chi connectivity index (χ0) is 25.2. The van der Waals surface area contributed by atoms with Crippen molar-refractivity contribution in [1.29, 1.82) is 0 Å². The molecule has 0 aliphatic carbocycles. The lowest BCUT2D eigenvalue weighted by Crippen LogP contribution is -2.61. The maximum Gasteiger partial charge on any atom is 0.416 e. The Morgan fingerprint density at radius 3 is 2.49 bits per heavy atom. The van der Waals surface area contributed by atoms with E-state index in [2.05, 4.69) is 5.10 Å². The van der Waals surface area contributed by atoms with E-state index in [9.17, 15) is 33.3 Å². The molecule has 1 atom stereocenters. The highest BCUT2D eigenvalue weighted by atomic mass is 19.4. The minimum atomic E-state index is -4.47. The smallest absolute Gasteiger partial charge is 0.400 e. The average molecular weight is 491 g/mol. The van der Waals surface area contributed by atoms with E-state index < -0.39 is 29.5 Å². The van der Waals surface area contributed by atoms with Gasteiger partial charge >= 0.3 is 18.1 Å². The van der Waals surface area contributed by atoms with E-state index in [-0.39, 0.29) is 25.0 Å². The first-order valence-corrected chi connectivity index (χ1v) is 10.6. The van der Waals surface area contributed by atoms with E-state index in [1.165, 1.54) is 28.9 Å². The van der Waals surface area contributed by atoms with E-state index in [0.29, 0.717) is 27.6 Å². The molecular weight excluding hydrogens is 471 g/mol. The Morgan fingerprint density at radius 2 is 1.83 bits per heavy atom. The van der Waals surface area contributed by atoms with Gasteiger partial charge in [0.2, 0.25) is 0 Å². The number of nitrogens with zero attached hydrogens (tertiary/aromatic N) is 3. The largest absolute Gasteiger partial charge is 0.416 e. The van der Waals surface area contributed by atoms with Gasteiger partial charge in [0.25, 0.3) is 5.79 Å². The standard InChI is InChI=1S/C23H20F3N3O6/c1-28-12-17-16-11-13(20(30)35-23(33)21(31,32)9-2-10-34-23)3-8-18(16)29(19(17)27-28)15-6-4-14(5-7-15)22(24,25)26/h3-8,11-12,31-33H,2,9-10H2,1H3. The molecule has 9 nitrogen and oxygen atoms in total. The normalized spacial score (nSPS) is 20.4. The summed E-state index contributed by atoms with van der Waals surface area (Å²) < 4.78 is 52.1. The molecule has 4 aromatic rings. The third-order valence-corrected chi connectivity index (χ3v) is 5.94. The second-order valence-electron chi connectivity index (χ2n) is 8.39. The van der Waals surface area contributed by atoms with Gasteiger partial charge in [0.15, 0.2) is 5.65 Å². The molecule has 5 rings (SSSR count). The van der Waals surface area contributed by atoms with Crippen molar-refractivity contribution in [3.63, 3.8) is 0 Å². The van der Waals surface area contributed by atoms with Gasteiger partial charge < -0.3 is 24.8 Å². The van der Waals surface area contributed by atoms with Gasteiger partial charge in [-0.3, -0.25) is 9.25 Å². The van der Waals surface area contributed by atoms with Crippen LogP contribution in [0, 0.1) is 0 Å². The number of aromatic nitrogens is 3. The maximum absolute atomic E-state index is 13.0. The summed E-state index contributed by atoms with van der Waals surface area (Å²) in [5, 5.41) is 36.0. The van der Waals surface area contributed by atoms with Gasteiger partial charge in [0, 0.05) is 36.1 Å². The van der Waals surface area contributed by atoms with Crippen LogP contribution in [0.25, 0.3) is 27.6 Å². The summed E-state index contributed by atoms with van der Waals surface area (Å²) in [6.07, 6.45) is -2.80. The molecule has 1 aliphatic heterocycles. The van der Waals surface area contributed by atoms with E-state index in [1.807, 2.05) is 0 Å². The molecule has 1 aliphatic rings. The second kappa shape index (κ2) is 7.78. The Labute approximate surface area is 195 Å². The molecule has 0 saturated carbocycles. The van der Waals surface area contributed by atoms with Crippen molar-refractivity contribution in [2.24, 2.45) is 7.05 Å². The van der Waals surface area contributed by atoms with Gasteiger partial charge in [-0.25, -0.2) is 4.79 Å². The number of alkyl halides is 3. The number of hydrogen-bond acceptors (Lipinski definition) is 7. The molecule has 0 amide bonds. The maximum atomic E-state index is 13.0. The Kier molecular flexibility index (Phi) is 5.18. The zero-order valence-corrected chi connectivity index (χ0v) is 18.3. The molecule has 3 N–H and O–H groups in total. The molecule has 1 fully saturated rings. The van der Waals surface area contributed by atoms with Crippen molar-refractivity contribution in [2.45, 2.75) is 30.8 Å². The predicted molar refractivity (Wildman–Crippen MR) is 115 cm³/mol. The summed E-state index contributed by atoms with van der Waals surface area (Å²) >= 11 is 0. The summed E-state index contributed by atoms with van der Waals surface area (Å²) in [4.78, 5) is 12.8. The number of rotatable bonds is 3. The van der Waals surface area contributed by atoms with Crippen molar-refractivity contribution >= 4 is 27.9 Å². The van der Waals surface area contributed by atoms with Crippen LogP contribution in [-0.2, 0) is 22.7 Å². The van der Waals surface area contributed by atoms with Crippen LogP contribution in [0.5, 0.6) is 0 Å². The molecule has 0 spiro atoms. The van der Waals surface area contributed by atoms with Gasteiger partial charge in [-0.05, 0) is 48.9 Å². The van der Waals surface area contributed by atoms with Crippen LogP contribution in [-0.4, -0.2) is 54.0 Å². The van der Waals surface area contributed by atoms with Crippen LogP contribution < -0.4 is 0 Å². The van der Waals surface area contributed by atoms with E-state index >= 15 is 0 Å². The summed E-state index contributed by atoms with van der Waals surface area (Å²) in [7, 11) is 1.68. The number of carbonyl (C=O) groups is 1. The molecule has 35 heavy (non-hydrogen) atoms. The number of halogens is 3. The summed E-state index contributed by atoms with van der Waals surface area (Å²) in [6.45, 7) is -0.0437. The number of ether oxygens (including phenoxy) is 2. The quantitative estimate of drug-likeness (QED) is 0.298. The molecule has 12 heteroatoms. The fourth-order valence-corrected chi connectivity index (χ4v) is 4.18. The molecule has 0 radical (unpaired) electrons. The second-order valence-corrected chi connectivity index (χ2v) is 8.39. The van der Waals surface area contributed by atoms with Crippen molar-refractivity contribution in [3.05, 3.63) is 59.8 Å². The van der Waals surface area contributed by atoms with Crippen molar-refractivity contribution in [2.75, 3.05) is 6.61 Å². The van der Waals surface area contributed by atoms with Crippen LogP contribution in [0.4, 0.5) is 13.2 Å². The number of aliphatic hydroxyl groups is 3. The average Bonchev–Trinajstić information content (AvgIpc) is 3.29. The Morgan fingerprint density at radius 1 is 1.11 bits per heavy atom. The molecule has 0 bridgehead atoms. The molecular formula is C23H20F3N3O6. The topological polar surface area (TPSA) is 119 Å². The number of hydrogen-bond donors (Lipinski definition) is 3. The number of fused-ring (bicyclic) bond motifs is 3. The fourth-order valence-electron chi connectivity index (χ4n) is 4.18. The highest BCUT2D eigenvalue weighted by Gasteiger charge is 2.56. The third kappa shape index (κ3) is 3.84. The first-order valence-electron chi connectivity index (χ1n) is 10.6. The molecule has 3 heterocycles. The van der Waals surface area contributed by atoms with Crippen molar-refractivity contribution < 1.29 is 42.8 Å². The minimum Gasteiger partial charge on any atom is -0.400 e. The third-order valence-electron chi connectivity index (χ3n) is 5.94. The van der Waals surface area contributed by atoms with Crippen molar-refractivity contribution in [1.82, 2.24) is 14.3 Å². The summed E-state index contributed by atoms with van der Waals surface area (Å²) in [5.41, 5.74) is 0.637. The first kappa shape index (κ1) is 23.3. The summed E-state index contributed by atoms with van der Waals surface area (Å²) in [5.74, 6) is -6.79. The summed E-state index contributed by atoms with van der Waals surface area (Å²) in [6, 6.07) is 9.01. The van der Waals surface area contributed by atoms with Gasteiger partial charge in [-0.2, -0.15) is 18.3 Å². The lowest BCUT2D eigenvalue weighted by atomic mass is 10.1. The van der Waals surface area contributed by atoms with Crippen LogP contribution in [0.15, 0.2) is 48.7 Å². The van der Waals surface area contributed by atoms with Crippen LogP contribution >= 0.6 is 0 Å². The van der Waals surface area contributed by atoms with Crippen LogP contribution in [0.3, 0.4) is 0 Å². The fraction of sp³-hybridized carbons (Fsp3) is 0.304. The lowest BCUT2D eigenvalue weighted by Gasteiger charge is -2.40. The monoisotopic (exact) mass is 491 g/mol. The number of carbonyl (C=O) groups excluding carboxylic acids is 1. The molecule has 2 aromatic heterocycles. The number of esters is 1.